The summed E-state index contributed by atoms with van der Waals surface area (Å²) >= 11 is -0.764. The monoisotopic (exact) mass is 244 g/mol. The van der Waals surface area contributed by atoms with Crippen LogP contribution in [0.25, 0.3) is 0 Å². The fourth-order valence-electron chi connectivity index (χ4n) is 0.866. The number of hydrogen-bond donors (Lipinski definition) is 0. The Morgan fingerprint density at radius 3 is 1.12 bits per heavy atom. The van der Waals surface area contributed by atoms with Crippen LogP contribution in [0.1, 0.15) is 20.8 Å². The Kier molecular flexibility index (Phi) is 12.0. The van der Waals surface area contributed by atoms with E-state index < -0.39 is 19.8 Å². The SMILES string of the molecule is C[CH2][SnH]([CH2]C)[CH2]C.Cl. The third-order valence-corrected chi connectivity index (χ3v) is 11.6. The molecule has 0 aromatic rings. The minimum absolute atomic E-state index is 0. The fraction of sp³-hybridized carbons (Fsp3) is 1.00. The predicted molar refractivity (Wildman–Crippen MR) is 45.8 cm³/mol. The summed E-state index contributed by atoms with van der Waals surface area (Å²) in [5.41, 5.74) is 0. The molecule has 2 heteroatoms. The Hall–Kier alpha value is 1.09. The van der Waals surface area contributed by atoms with Crippen LogP contribution in [0.3, 0.4) is 0 Å². The maximum absolute atomic E-state index is 2.35. The van der Waals surface area contributed by atoms with E-state index in [0.717, 1.165) is 0 Å². The summed E-state index contributed by atoms with van der Waals surface area (Å²) in [6.45, 7) is 7.06. The maximum atomic E-state index is 2.35. The van der Waals surface area contributed by atoms with E-state index >= 15 is 0 Å². The number of rotatable bonds is 3. The van der Waals surface area contributed by atoms with Crippen LogP contribution in [0.2, 0.25) is 13.3 Å². The van der Waals surface area contributed by atoms with E-state index in [-0.39, 0.29) is 12.4 Å². The first-order valence-electron chi connectivity index (χ1n) is 3.35. The van der Waals surface area contributed by atoms with Crippen molar-refractivity contribution in [2.75, 3.05) is 0 Å². The van der Waals surface area contributed by atoms with Crippen LogP contribution >= 0.6 is 12.4 Å². The van der Waals surface area contributed by atoms with Crippen LogP contribution in [0.5, 0.6) is 0 Å². The molecule has 0 saturated carbocycles. The van der Waals surface area contributed by atoms with E-state index in [0.29, 0.717) is 0 Å². The van der Waals surface area contributed by atoms with Crippen LogP contribution in [-0.4, -0.2) is 19.8 Å². The number of halogens is 1. The molecule has 0 aromatic heterocycles. The molecule has 52 valence electrons. The molecule has 0 unspecified atom stereocenters. The third-order valence-electron chi connectivity index (χ3n) is 1.73. The van der Waals surface area contributed by atoms with Crippen molar-refractivity contribution >= 4 is 32.2 Å². The Labute approximate surface area is 66.2 Å². The van der Waals surface area contributed by atoms with Crippen molar-refractivity contribution in [2.24, 2.45) is 0 Å². The molecule has 0 atom stereocenters. The molecule has 0 heterocycles. The van der Waals surface area contributed by atoms with Gasteiger partial charge in [0.1, 0.15) is 0 Å². The second-order valence-electron chi connectivity index (χ2n) is 2.09. The molecule has 0 radical (unpaired) electrons. The van der Waals surface area contributed by atoms with Gasteiger partial charge in [0.2, 0.25) is 0 Å². The van der Waals surface area contributed by atoms with E-state index in [1.165, 1.54) is 0 Å². The van der Waals surface area contributed by atoms with E-state index in [4.69, 9.17) is 0 Å². The summed E-state index contributed by atoms with van der Waals surface area (Å²) in [6.07, 6.45) is 0. The van der Waals surface area contributed by atoms with Gasteiger partial charge in [0.05, 0.1) is 0 Å². The maximum Gasteiger partial charge on any atom is -0.147 e. The number of hydrogen-bond acceptors (Lipinski definition) is 0. The quantitative estimate of drug-likeness (QED) is 0.669. The second kappa shape index (κ2) is 8.09. The summed E-state index contributed by atoms with van der Waals surface area (Å²) in [4.78, 5) is 0. The molecule has 0 aliphatic rings. The van der Waals surface area contributed by atoms with Crippen molar-refractivity contribution < 1.29 is 0 Å². The van der Waals surface area contributed by atoms with Gasteiger partial charge >= 0.3 is 53.8 Å². The minimum Gasteiger partial charge on any atom is -0.147 e. The van der Waals surface area contributed by atoms with Gasteiger partial charge in [-0.05, 0) is 0 Å². The molecule has 0 nitrogen and oxygen atoms in total. The molecular weight excluding hydrogens is 226 g/mol. The van der Waals surface area contributed by atoms with Crippen LogP contribution in [0.15, 0.2) is 0 Å². The molecule has 0 spiro atoms. The Morgan fingerprint density at radius 1 is 0.875 bits per heavy atom. The molecule has 0 aliphatic heterocycles. The van der Waals surface area contributed by atoms with Crippen LogP contribution in [0, 0.1) is 0 Å². The molecule has 0 rings (SSSR count). The van der Waals surface area contributed by atoms with Gasteiger partial charge in [0, 0.05) is 0 Å². The topological polar surface area (TPSA) is 0 Å². The van der Waals surface area contributed by atoms with Gasteiger partial charge in [-0.3, -0.25) is 0 Å². The Bertz CT molecular complexity index is 30.0. The largest absolute Gasteiger partial charge is 0.147 e. The Morgan fingerprint density at radius 2 is 1.12 bits per heavy atom. The molecule has 0 aliphatic carbocycles. The van der Waals surface area contributed by atoms with Gasteiger partial charge in [-0.15, -0.1) is 12.4 Å². The van der Waals surface area contributed by atoms with E-state index in [1.807, 2.05) is 0 Å². The standard InChI is InChI=1S/3C2H5.ClH.Sn.H/c3*1-2;;;/h3*1H2,2H3;1H;;. The zero-order chi connectivity index (χ0) is 5.70. The second-order valence-corrected chi connectivity index (χ2v) is 14.0. The summed E-state index contributed by atoms with van der Waals surface area (Å²) in [6, 6.07) is 0. The molecular formula is C6H17ClSn. The van der Waals surface area contributed by atoms with Crippen molar-refractivity contribution in [3.05, 3.63) is 0 Å². The van der Waals surface area contributed by atoms with Gasteiger partial charge in [-0.1, -0.05) is 0 Å². The minimum atomic E-state index is -0.764. The Balaban J connectivity index is 0. The first-order chi connectivity index (χ1) is 3.35. The zero-order valence-corrected chi connectivity index (χ0v) is 10.2. The molecule has 0 N–H and O–H groups in total. The molecule has 0 saturated heterocycles. The first-order valence-corrected chi connectivity index (χ1v) is 10.3. The van der Waals surface area contributed by atoms with Crippen molar-refractivity contribution in [1.82, 2.24) is 0 Å². The summed E-state index contributed by atoms with van der Waals surface area (Å²) < 4.78 is 4.69. The van der Waals surface area contributed by atoms with Gasteiger partial charge < -0.3 is 0 Å². The molecule has 0 fully saturated rings. The fourth-order valence-corrected chi connectivity index (χ4v) is 5.81. The summed E-state index contributed by atoms with van der Waals surface area (Å²) in [5, 5.41) is 0. The van der Waals surface area contributed by atoms with Crippen LogP contribution < -0.4 is 0 Å². The molecule has 0 amide bonds. The van der Waals surface area contributed by atoms with Gasteiger partial charge in [0.15, 0.2) is 0 Å². The van der Waals surface area contributed by atoms with E-state index in [2.05, 4.69) is 20.8 Å². The smallest absolute Gasteiger partial charge is 0.147 e. The summed E-state index contributed by atoms with van der Waals surface area (Å²) in [7, 11) is 0. The molecule has 0 bridgehead atoms. The van der Waals surface area contributed by atoms with Crippen LogP contribution in [0.4, 0.5) is 0 Å². The molecule has 0 aromatic carbocycles. The van der Waals surface area contributed by atoms with Crippen molar-refractivity contribution in [2.45, 2.75) is 34.1 Å². The first kappa shape index (κ1) is 11.8. The van der Waals surface area contributed by atoms with Gasteiger partial charge in [-0.2, -0.15) is 0 Å². The van der Waals surface area contributed by atoms with Crippen LogP contribution in [-0.2, 0) is 0 Å². The van der Waals surface area contributed by atoms with E-state index in [1.54, 1.807) is 13.3 Å². The summed E-state index contributed by atoms with van der Waals surface area (Å²) in [5.74, 6) is 0. The van der Waals surface area contributed by atoms with Crippen molar-refractivity contribution in [1.29, 1.82) is 0 Å². The predicted octanol–water partition coefficient (Wildman–Crippen LogP) is 2.70. The van der Waals surface area contributed by atoms with E-state index in [9.17, 15) is 0 Å². The van der Waals surface area contributed by atoms with Crippen molar-refractivity contribution in [3.63, 3.8) is 0 Å². The molecule has 8 heavy (non-hydrogen) atoms. The van der Waals surface area contributed by atoms with Crippen molar-refractivity contribution in [3.8, 4) is 0 Å². The van der Waals surface area contributed by atoms with Gasteiger partial charge in [0.25, 0.3) is 0 Å². The normalized spacial score (nSPS) is 9.00. The average molecular weight is 243 g/mol. The zero-order valence-electron chi connectivity index (χ0n) is 6.11. The van der Waals surface area contributed by atoms with Gasteiger partial charge in [-0.25, -0.2) is 0 Å². The third kappa shape index (κ3) is 5.23. The average Bonchev–Trinajstić information content (AvgIpc) is 1.72.